The molecule has 0 aliphatic carbocycles. The molecule has 200 valence electrons. The molecule has 2 heterocycles. The van der Waals surface area contributed by atoms with Crippen LogP contribution in [0, 0.1) is 5.82 Å². The van der Waals surface area contributed by atoms with Crippen LogP contribution in [0.3, 0.4) is 0 Å². The van der Waals surface area contributed by atoms with Crippen LogP contribution in [0.2, 0.25) is 0 Å². The Morgan fingerprint density at radius 3 is 2.56 bits per heavy atom. The molecule has 2 aliphatic rings. The third kappa shape index (κ3) is 6.20. The van der Waals surface area contributed by atoms with Crippen LogP contribution in [0.25, 0.3) is 0 Å². The second-order valence-corrected chi connectivity index (χ2v) is 9.81. The molecular formula is C28H24FN3O6S. The number of ether oxygens (including phenoxy) is 3. The summed E-state index contributed by atoms with van der Waals surface area (Å²) in [4.78, 5) is 44.2. The molecule has 5 rings (SSSR count). The Morgan fingerprint density at radius 2 is 1.82 bits per heavy atom. The summed E-state index contributed by atoms with van der Waals surface area (Å²) in [5, 5.41) is 2.46. The van der Waals surface area contributed by atoms with Gasteiger partial charge < -0.3 is 19.5 Å². The number of halogens is 1. The van der Waals surface area contributed by atoms with Gasteiger partial charge in [0.05, 0.1) is 24.4 Å². The van der Waals surface area contributed by atoms with Crippen molar-refractivity contribution < 1.29 is 33.0 Å². The molecule has 1 fully saturated rings. The SMILES string of the molecule is CCOC(=O)c1ccc(NC(=O)C[C@H]2SC(=Nc3ccc(F)cc3)N(Cc3ccc4c(c3)OCO4)C2=O)cc1. The van der Waals surface area contributed by atoms with E-state index in [0.29, 0.717) is 33.6 Å². The lowest BCUT2D eigenvalue weighted by molar-refractivity contribution is -0.128. The van der Waals surface area contributed by atoms with Crippen LogP contribution in [-0.2, 0) is 20.9 Å². The van der Waals surface area contributed by atoms with Gasteiger partial charge in [0.1, 0.15) is 11.1 Å². The minimum absolute atomic E-state index is 0.0940. The summed E-state index contributed by atoms with van der Waals surface area (Å²) < 4.78 is 29.2. The van der Waals surface area contributed by atoms with Gasteiger partial charge in [-0.25, -0.2) is 14.2 Å². The van der Waals surface area contributed by atoms with Crippen LogP contribution in [0.4, 0.5) is 15.8 Å². The van der Waals surface area contributed by atoms with Gasteiger partial charge in [0.25, 0.3) is 0 Å². The van der Waals surface area contributed by atoms with Gasteiger partial charge in [-0.3, -0.25) is 14.5 Å². The first-order valence-corrected chi connectivity index (χ1v) is 13.1. The molecule has 0 unspecified atom stereocenters. The molecule has 2 aliphatic heterocycles. The lowest BCUT2D eigenvalue weighted by Crippen LogP contribution is -2.33. The molecule has 0 saturated carbocycles. The van der Waals surface area contributed by atoms with Gasteiger partial charge in [0.15, 0.2) is 16.7 Å². The van der Waals surface area contributed by atoms with Crippen molar-refractivity contribution in [3.8, 4) is 11.5 Å². The fraction of sp³-hybridized carbons (Fsp3) is 0.214. The molecular weight excluding hydrogens is 525 g/mol. The summed E-state index contributed by atoms with van der Waals surface area (Å²) in [7, 11) is 0. The standard InChI is InChI=1S/C28H24FN3O6S/c1-2-36-27(35)18-4-8-20(9-5-18)30-25(33)14-24-26(34)32(15-17-3-12-22-23(13-17)38-16-37-22)28(39-24)31-21-10-6-19(29)7-11-21/h3-13,24H,2,14-16H2,1H3,(H,30,33)/t24-/m1/s1. The molecule has 0 radical (unpaired) electrons. The summed E-state index contributed by atoms with van der Waals surface area (Å²) in [6.07, 6.45) is -0.0940. The van der Waals surface area contributed by atoms with E-state index in [1.807, 2.05) is 6.07 Å². The molecule has 1 N–H and O–H groups in total. The molecule has 3 aromatic rings. The summed E-state index contributed by atoms with van der Waals surface area (Å²) in [5.74, 6) is -0.253. The van der Waals surface area contributed by atoms with E-state index in [2.05, 4.69) is 10.3 Å². The minimum Gasteiger partial charge on any atom is -0.462 e. The molecule has 3 aromatic carbocycles. The number of carbonyl (C=O) groups is 3. The maximum atomic E-state index is 13.4. The Bertz CT molecular complexity index is 1430. The zero-order valence-electron chi connectivity index (χ0n) is 20.9. The molecule has 1 saturated heterocycles. The van der Waals surface area contributed by atoms with Crippen molar-refractivity contribution in [3.63, 3.8) is 0 Å². The second-order valence-electron chi connectivity index (χ2n) is 8.64. The monoisotopic (exact) mass is 549 g/mol. The highest BCUT2D eigenvalue weighted by molar-refractivity contribution is 8.15. The predicted octanol–water partition coefficient (Wildman–Crippen LogP) is 4.89. The van der Waals surface area contributed by atoms with Crippen molar-refractivity contribution in [3.05, 3.63) is 83.7 Å². The smallest absolute Gasteiger partial charge is 0.338 e. The number of rotatable bonds is 8. The Balaban J connectivity index is 1.31. The average molecular weight is 550 g/mol. The van der Waals surface area contributed by atoms with Crippen molar-refractivity contribution in [1.82, 2.24) is 4.90 Å². The fourth-order valence-electron chi connectivity index (χ4n) is 4.00. The lowest BCUT2D eigenvalue weighted by atomic mass is 10.1. The van der Waals surface area contributed by atoms with Gasteiger partial charge in [-0.15, -0.1) is 0 Å². The number of carbonyl (C=O) groups excluding carboxylic acids is 3. The van der Waals surface area contributed by atoms with E-state index in [4.69, 9.17) is 14.2 Å². The number of nitrogens with one attached hydrogen (secondary N) is 1. The summed E-state index contributed by atoms with van der Waals surface area (Å²) >= 11 is 1.18. The van der Waals surface area contributed by atoms with Crippen molar-refractivity contribution in [1.29, 1.82) is 0 Å². The average Bonchev–Trinajstić information content (AvgIpc) is 3.50. The molecule has 9 nitrogen and oxygen atoms in total. The number of fused-ring (bicyclic) bond motifs is 1. The number of amides is 2. The minimum atomic E-state index is -0.711. The number of nitrogens with zero attached hydrogens (tertiary/aromatic N) is 2. The Morgan fingerprint density at radius 1 is 1.08 bits per heavy atom. The number of hydrogen-bond acceptors (Lipinski definition) is 8. The van der Waals surface area contributed by atoms with Gasteiger partial charge in [0, 0.05) is 12.1 Å². The van der Waals surface area contributed by atoms with Crippen LogP contribution in [0.5, 0.6) is 11.5 Å². The van der Waals surface area contributed by atoms with Crippen LogP contribution in [-0.4, -0.2) is 46.5 Å². The highest BCUT2D eigenvalue weighted by Crippen LogP contribution is 2.36. The zero-order valence-corrected chi connectivity index (χ0v) is 21.7. The highest BCUT2D eigenvalue weighted by atomic mass is 32.2. The van der Waals surface area contributed by atoms with Gasteiger partial charge >= 0.3 is 5.97 Å². The maximum absolute atomic E-state index is 13.4. The van der Waals surface area contributed by atoms with Crippen LogP contribution in [0.1, 0.15) is 29.3 Å². The number of benzene rings is 3. The van der Waals surface area contributed by atoms with Crippen LogP contribution in [0.15, 0.2) is 71.7 Å². The molecule has 2 amide bonds. The molecule has 0 bridgehead atoms. The van der Waals surface area contributed by atoms with Crippen LogP contribution < -0.4 is 14.8 Å². The predicted molar refractivity (Wildman–Crippen MR) is 144 cm³/mol. The molecule has 1 atom stereocenters. The Labute approximate surface area is 228 Å². The van der Waals surface area contributed by atoms with E-state index in [1.165, 1.54) is 40.9 Å². The first kappa shape index (κ1) is 26.2. The van der Waals surface area contributed by atoms with Crippen molar-refractivity contribution >= 4 is 46.1 Å². The number of anilines is 1. The first-order valence-electron chi connectivity index (χ1n) is 12.2. The lowest BCUT2D eigenvalue weighted by Gasteiger charge is -2.17. The second kappa shape index (κ2) is 11.6. The highest BCUT2D eigenvalue weighted by Gasteiger charge is 2.39. The normalized spacial score (nSPS) is 17.0. The van der Waals surface area contributed by atoms with Gasteiger partial charge in [-0.2, -0.15) is 0 Å². The zero-order chi connectivity index (χ0) is 27.4. The van der Waals surface area contributed by atoms with E-state index in [0.717, 1.165) is 5.56 Å². The van der Waals surface area contributed by atoms with E-state index >= 15 is 0 Å². The number of thioether (sulfide) groups is 1. The largest absolute Gasteiger partial charge is 0.462 e. The van der Waals surface area contributed by atoms with Gasteiger partial charge in [-0.1, -0.05) is 17.8 Å². The maximum Gasteiger partial charge on any atom is 0.338 e. The van der Waals surface area contributed by atoms with E-state index in [9.17, 15) is 18.8 Å². The Hall–Kier alpha value is -4.38. The number of aliphatic imine (C=N–C) groups is 1. The van der Waals surface area contributed by atoms with Crippen molar-refractivity contribution in [2.45, 2.75) is 25.1 Å². The molecule has 0 spiro atoms. The number of hydrogen-bond donors (Lipinski definition) is 1. The van der Waals surface area contributed by atoms with E-state index in [1.54, 1.807) is 43.3 Å². The fourth-order valence-corrected chi connectivity index (χ4v) is 5.16. The first-order chi connectivity index (χ1) is 18.9. The Kier molecular flexibility index (Phi) is 7.78. The topological polar surface area (TPSA) is 107 Å². The van der Waals surface area contributed by atoms with Crippen molar-refractivity contribution in [2.75, 3.05) is 18.7 Å². The molecule has 39 heavy (non-hydrogen) atoms. The summed E-state index contributed by atoms with van der Waals surface area (Å²) in [5.41, 5.74) is 2.14. The quantitative estimate of drug-likeness (QED) is 0.399. The number of esters is 1. The summed E-state index contributed by atoms with van der Waals surface area (Å²) in [6, 6.07) is 17.4. The van der Waals surface area contributed by atoms with E-state index < -0.39 is 17.0 Å². The molecule has 11 heteroatoms. The van der Waals surface area contributed by atoms with E-state index in [-0.39, 0.29) is 38.2 Å². The third-order valence-electron chi connectivity index (χ3n) is 5.90. The van der Waals surface area contributed by atoms with Gasteiger partial charge in [-0.05, 0) is 73.2 Å². The van der Waals surface area contributed by atoms with Gasteiger partial charge in [0.2, 0.25) is 18.6 Å². The number of amidine groups is 1. The molecule has 0 aromatic heterocycles. The van der Waals surface area contributed by atoms with Crippen molar-refractivity contribution in [2.24, 2.45) is 4.99 Å². The third-order valence-corrected chi connectivity index (χ3v) is 7.07. The van der Waals surface area contributed by atoms with Crippen LogP contribution >= 0.6 is 11.8 Å². The summed E-state index contributed by atoms with van der Waals surface area (Å²) in [6.45, 7) is 2.33.